The van der Waals surface area contributed by atoms with Crippen LogP contribution in [0.5, 0.6) is 0 Å². The van der Waals surface area contributed by atoms with Gasteiger partial charge in [-0.25, -0.2) is 0 Å². The van der Waals surface area contributed by atoms with E-state index in [1.54, 1.807) is 36.4 Å². The molecule has 0 radical (unpaired) electrons. The molecule has 5 heteroatoms. The molecular formula is C19H12Cl3NO. The number of hydrogen-bond donors (Lipinski definition) is 0. The summed E-state index contributed by atoms with van der Waals surface area (Å²) in [5.74, 6) is -0.0939. The van der Waals surface area contributed by atoms with Crippen LogP contribution in [0.3, 0.4) is 0 Å². The van der Waals surface area contributed by atoms with Gasteiger partial charge in [-0.1, -0.05) is 34.8 Å². The second-order valence-corrected chi connectivity index (χ2v) is 6.44. The summed E-state index contributed by atoms with van der Waals surface area (Å²) >= 11 is 18.0. The van der Waals surface area contributed by atoms with E-state index >= 15 is 0 Å². The van der Waals surface area contributed by atoms with Gasteiger partial charge in [-0.3, -0.25) is 4.79 Å². The highest BCUT2D eigenvalue weighted by Gasteiger charge is 2.05. The van der Waals surface area contributed by atoms with Crippen LogP contribution in [0.15, 0.2) is 66.9 Å². The van der Waals surface area contributed by atoms with E-state index in [-0.39, 0.29) is 5.78 Å². The molecule has 2 nitrogen and oxygen atoms in total. The second kappa shape index (κ2) is 7.27. The van der Waals surface area contributed by atoms with E-state index in [0.717, 1.165) is 11.4 Å². The lowest BCUT2D eigenvalue weighted by molar-refractivity contribution is 0.104. The molecule has 0 aliphatic carbocycles. The van der Waals surface area contributed by atoms with Crippen LogP contribution < -0.4 is 0 Å². The van der Waals surface area contributed by atoms with Crippen molar-refractivity contribution in [1.29, 1.82) is 0 Å². The normalized spacial score (nSPS) is 11.1. The molecule has 2 aromatic carbocycles. The highest BCUT2D eigenvalue weighted by atomic mass is 35.5. The van der Waals surface area contributed by atoms with Crippen LogP contribution in [0.2, 0.25) is 15.1 Å². The van der Waals surface area contributed by atoms with E-state index in [1.165, 1.54) is 6.08 Å². The molecule has 0 atom stereocenters. The first-order valence-corrected chi connectivity index (χ1v) is 8.28. The van der Waals surface area contributed by atoms with Gasteiger partial charge in [0.1, 0.15) is 0 Å². The summed E-state index contributed by atoms with van der Waals surface area (Å²) in [6, 6.07) is 15.9. The molecule has 0 fully saturated rings. The molecule has 0 unspecified atom stereocenters. The number of carbonyl (C=O) groups is 1. The molecule has 1 heterocycles. The first-order chi connectivity index (χ1) is 11.5. The second-order valence-electron chi connectivity index (χ2n) is 5.14. The van der Waals surface area contributed by atoms with Crippen LogP contribution in [0.25, 0.3) is 11.8 Å². The van der Waals surface area contributed by atoms with Gasteiger partial charge in [-0.15, -0.1) is 0 Å². The maximum atomic E-state index is 12.2. The predicted molar refractivity (Wildman–Crippen MR) is 101 cm³/mol. The molecule has 0 aliphatic rings. The van der Waals surface area contributed by atoms with E-state index in [4.69, 9.17) is 34.8 Å². The molecule has 3 aromatic rings. The molecule has 3 rings (SSSR count). The van der Waals surface area contributed by atoms with Gasteiger partial charge in [-0.05, 0) is 66.7 Å². The first kappa shape index (κ1) is 16.8. The largest absolute Gasteiger partial charge is 0.317 e. The Bertz CT molecular complexity index is 890. The zero-order chi connectivity index (χ0) is 17.1. The van der Waals surface area contributed by atoms with E-state index in [1.807, 2.05) is 35.0 Å². The van der Waals surface area contributed by atoms with Crippen LogP contribution in [0.4, 0.5) is 0 Å². The zero-order valence-corrected chi connectivity index (χ0v) is 14.7. The highest BCUT2D eigenvalue weighted by molar-refractivity contribution is 6.34. The molecule has 0 aliphatic heterocycles. The lowest BCUT2D eigenvalue weighted by Gasteiger charge is -2.08. The van der Waals surface area contributed by atoms with Gasteiger partial charge in [0.15, 0.2) is 5.78 Å². The lowest BCUT2D eigenvalue weighted by Crippen LogP contribution is -1.97. The molecular weight excluding hydrogens is 365 g/mol. The Balaban J connectivity index is 1.87. The Morgan fingerprint density at radius 2 is 1.54 bits per heavy atom. The van der Waals surface area contributed by atoms with Gasteiger partial charge in [-0.2, -0.15) is 0 Å². The third-order valence-electron chi connectivity index (χ3n) is 3.44. The summed E-state index contributed by atoms with van der Waals surface area (Å²) in [6.07, 6.45) is 5.17. The average Bonchev–Trinajstić information content (AvgIpc) is 3.01. The standard InChI is InChI=1S/C19H12Cl3NO/c20-14-5-3-13(4-6-14)19(24)8-7-17-2-1-9-23(17)18-11-15(21)10-16(22)12-18/h1-12H/b8-7+. The Morgan fingerprint density at radius 3 is 2.21 bits per heavy atom. The van der Waals surface area contributed by atoms with E-state index < -0.39 is 0 Å². The fourth-order valence-electron chi connectivity index (χ4n) is 2.31. The molecule has 0 saturated carbocycles. The number of hydrogen-bond acceptors (Lipinski definition) is 1. The third-order valence-corrected chi connectivity index (χ3v) is 4.13. The van der Waals surface area contributed by atoms with E-state index in [2.05, 4.69) is 0 Å². The Morgan fingerprint density at radius 1 is 0.875 bits per heavy atom. The summed E-state index contributed by atoms with van der Waals surface area (Å²) in [4.78, 5) is 12.2. The number of halogens is 3. The van der Waals surface area contributed by atoms with Gasteiger partial charge in [0.25, 0.3) is 0 Å². The van der Waals surface area contributed by atoms with E-state index in [9.17, 15) is 4.79 Å². The third kappa shape index (κ3) is 3.90. The Hall–Kier alpha value is -2.00. The number of carbonyl (C=O) groups excluding carboxylic acids is 1. The van der Waals surface area contributed by atoms with Crippen molar-refractivity contribution in [2.24, 2.45) is 0 Å². The maximum absolute atomic E-state index is 12.2. The molecule has 1 aromatic heterocycles. The number of aromatic nitrogens is 1. The van der Waals surface area contributed by atoms with Crippen LogP contribution in [-0.2, 0) is 0 Å². The van der Waals surface area contributed by atoms with Gasteiger partial charge >= 0.3 is 0 Å². The first-order valence-electron chi connectivity index (χ1n) is 7.15. The number of ketones is 1. The lowest BCUT2D eigenvalue weighted by atomic mass is 10.1. The van der Waals surface area contributed by atoms with Crippen molar-refractivity contribution in [3.8, 4) is 5.69 Å². The zero-order valence-electron chi connectivity index (χ0n) is 12.4. The predicted octanol–water partition coefficient (Wildman–Crippen LogP) is 6.33. The van der Waals surface area contributed by atoms with Crippen molar-refractivity contribution in [3.05, 3.63) is 93.2 Å². The maximum Gasteiger partial charge on any atom is 0.185 e. The molecule has 120 valence electrons. The quantitative estimate of drug-likeness (QED) is 0.385. The SMILES string of the molecule is O=C(/C=C/c1cccn1-c1cc(Cl)cc(Cl)c1)c1ccc(Cl)cc1. The number of nitrogens with zero attached hydrogens (tertiary/aromatic N) is 1. The minimum atomic E-state index is -0.0939. The van der Waals surface area contributed by atoms with Crippen molar-refractivity contribution >= 4 is 46.7 Å². The molecule has 24 heavy (non-hydrogen) atoms. The minimum Gasteiger partial charge on any atom is -0.317 e. The minimum absolute atomic E-state index is 0.0939. The monoisotopic (exact) mass is 375 g/mol. The fraction of sp³-hybridized carbons (Fsp3) is 0. The average molecular weight is 377 g/mol. The van der Waals surface area contributed by atoms with Crippen LogP contribution >= 0.6 is 34.8 Å². The summed E-state index contributed by atoms with van der Waals surface area (Å²) in [7, 11) is 0. The summed E-state index contributed by atoms with van der Waals surface area (Å²) in [5, 5.41) is 1.71. The number of benzene rings is 2. The van der Waals surface area contributed by atoms with Crippen LogP contribution in [-0.4, -0.2) is 10.4 Å². The van der Waals surface area contributed by atoms with Gasteiger partial charge in [0, 0.05) is 38.2 Å². The molecule has 0 bridgehead atoms. The van der Waals surface area contributed by atoms with Crippen LogP contribution in [0.1, 0.15) is 16.1 Å². The molecule has 0 amide bonds. The van der Waals surface area contributed by atoms with Gasteiger partial charge < -0.3 is 4.57 Å². The van der Waals surface area contributed by atoms with Crippen molar-refractivity contribution in [1.82, 2.24) is 4.57 Å². The smallest absolute Gasteiger partial charge is 0.185 e. The number of allylic oxidation sites excluding steroid dienone is 1. The molecule has 0 N–H and O–H groups in total. The Labute approximate surface area is 154 Å². The summed E-state index contributed by atoms with van der Waals surface area (Å²) in [5.41, 5.74) is 2.26. The number of rotatable bonds is 4. The van der Waals surface area contributed by atoms with Gasteiger partial charge in [0.2, 0.25) is 0 Å². The molecule has 0 spiro atoms. The topological polar surface area (TPSA) is 22.0 Å². The Kier molecular flexibility index (Phi) is 5.10. The van der Waals surface area contributed by atoms with Crippen molar-refractivity contribution in [2.75, 3.05) is 0 Å². The van der Waals surface area contributed by atoms with Crippen molar-refractivity contribution < 1.29 is 4.79 Å². The van der Waals surface area contributed by atoms with Crippen molar-refractivity contribution in [2.45, 2.75) is 0 Å². The summed E-state index contributed by atoms with van der Waals surface area (Å²) in [6.45, 7) is 0. The summed E-state index contributed by atoms with van der Waals surface area (Å²) < 4.78 is 1.91. The van der Waals surface area contributed by atoms with E-state index in [0.29, 0.717) is 20.6 Å². The molecule has 0 saturated heterocycles. The van der Waals surface area contributed by atoms with Gasteiger partial charge in [0.05, 0.1) is 0 Å². The van der Waals surface area contributed by atoms with Crippen molar-refractivity contribution in [3.63, 3.8) is 0 Å². The fourth-order valence-corrected chi connectivity index (χ4v) is 2.96. The highest BCUT2D eigenvalue weighted by Crippen LogP contribution is 2.23. The van der Waals surface area contributed by atoms with Crippen LogP contribution in [0, 0.1) is 0 Å².